The molecule has 0 aromatic heterocycles. The van der Waals surface area contributed by atoms with E-state index in [1.165, 1.54) is 18.2 Å². The molecular weight excluding hydrogens is 332 g/mol. The first-order valence-electron chi connectivity index (χ1n) is 8.60. The zero-order chi connectivity index (χ0) is 18.8. The van der Waals surface area contributed by atoms with Crippen molar-refractivity contribution in [2.75, 3.05) is 0 Å². The predicted octanol–water partition coefficient (Wildman–Crippen LogP) is 4.26. The molecule has 5 heteroatoms. The lowest BCUT2D eigenvalue weighted by Gasteiger charge is -2.28. The molecule has 1 aliphatic rings. The molecule has 0 saturated heterocycles. The number of ether oxygens (including phenoxy) is 1. The Balaban J connectivity index is 2.02. The van der Waals surface area contributed by atoms with Crippen molar-refractivity contribution in [3.8, 4) is 23.0 Å². The number of phenols is 3. The number of allylic oxidation sites excluding steroid dienone is 2. The Kier molecular flexibility index (Phi) is 4.89. The van der Waals surface area contributed by atoms with Gasteiger partial charge in [0.1, 0.15) is 34.7 Å². The number of fused-ring (bicyclic) bond motifs is 1. The van der Waals surface area contributed by atoms with Crippen LogP contribution in [-0.4, -0.2) is 21.1 Å². The molecule has 0 aliphatic carbocycles. The summed E-state index contributed by atoms with van der Waals surface area (Å²) in [6, 6.07) is 7.65. The lowest BCUT2D eigenvalue weighted by atomic mass is 9.92. The Labute approximate surface area is 152 Å². The van der Waals surface area contributed by atoms with E-state index in [0.717, 1.165) is 5.56 Å². The highest BCUT2D eigenvalue weighted by molar-refractivity contribution is 6.03. The Hall–Kier alpha value is -2.95. The van der Waals surface area contributed by atoms with Crippen molar-refractivity contribution < 1.29 is 24.9 Å². The molecule has 0 bridgehead atoms. The summed E-state index contributed by atoms with van der Waals surface area (Å²) < 4.78 is 6.02. The number of Topliss-reactive ketones (excluding diaryl/α,β-unsaturated/α-hetero) is 1. The topological polar surface area (TPSA) is 87.0 Å². The number of hydrogen-bond donors (Lipinski definition) is 3. The molecule has 1 aliphatic heterocycles. The lowest BCUT2D eigenvalue weighted by Crippen LogP contribution is -2.21. The number of ketones is 1. The molecule has 1 heterocycles. The van der Waals surface area contributed by atoms with Gasteiger partial charge in [-0.15, -0.1) is 0 Å². The van der Waals surface area contributed by atoms with Crippen LogP contribution < -0.4 is 4.74 Å². The molecule has 1 unspecified atom stereocenters. The zero-order valence-electron chi connectivity index (χ0n) is 14.8. The number of hydrogen-bond acceptors (Lipinski definition) is 5. The van der Waals surface area contributed by atoms with Gasteiger partial charge in [-0.05, 0) is 30.0 Å². The van der Waals surface area contributed by atoms with Crippen molar-refractivity contribution in [1.29, 1.82) is 0 Å². The van der Waals surface area contributed by atoms with Crippen LogP contribution in [0.5, 0.6) is 23.0 Å². The first-order valence-corrected chi connectivity index (χ1v) is 8.60. The van der Waals surface area contributed by atoms with Crippen molar-refractivity contribution in [3.05, 3.63) is 59.2 Å². The van der Waals surface area contributed by atoms with E-state index in [4.69, 9.17) is 4.74 Å². The van der Waals surface area contributed by atoms with E-state index in [1.54, 1.807) is 12.1 Å². The molecule has 0 radical (unpaired) electrons. The molecule has 0 amide bonds. The first kappa shape index (κ1) is 17.9. The largest absolute Gasteiger partial charge is 0.508 e. The minimum Gasteiger partial charge on any atom is -0.508 e. The van der Waals surface area contributed by atoms with Crippen LogP contribution in [0, 0.1) is 5.92 Å². The van der Waals surface area contributed by atoms with Crippen LogP contribution >= 0.6 is 0 Å². The molecule has 3 N–H and O–H groups in total. The van der Waals surface area contributed by atoms with Gasteiger partial charge in [0.15, 0.2) is 5.78 Å². The smallest absolute Gasteiger partial charge is 0.174 e. The fourth-order valence-electron chi connectivity index (χ4n) is 3.06. The molecule has 26 heavy (non-hydrogen) atoms. The summed E-state index contributed by atoms with van der Waals surface area (Å²) in [7, 11) is 0. The SMILES string of the molecule is CC(C)/C=C/Cc1c(O)cc(O)c2c1OC(c1ccc(O)cc1)CC2=O. The minimum atomic E-state index is -0.537. The average molecular weight is 354 g/mol. The number of carbonyl (C=O) groups excluding carboxylic acids is 1. The van der Waals surface area contributed by atoms with Gasteiger partial charge in [0, 0.05) is 11.6 Å². The quantitative estimate of drug-likeness (QED) is 0.714. The first-order chi connectivity index (χ1) is 12.4. The molecule has 0 fully saturated rings. The van der Waals surface area contributed by atoms with Gasteiger partial charge < -0.3 is 20.1 Å². The second-order valence-electron chi connectivity index (χ2n) is 6.80. The van der Waals surface area contributed by atoms with Crippen molar-refractivity contribution in [2.24, 2.45) is 5.92 Å². The normalized spacial score (nSPS) is 16.7. The van der Waals surface area contributed by atoms with Gasteiger partial charge in [-0.25, -0.2) is 0 Å². The summed E-state index contributed by atoms with van der Waals surface area (Å²) >= 11 is 0. The Morgan fingerprint density at radius 2 is 1.85 bits per heavy atom. The van der Waals surface area contributed by atoms with Gasteiger partial charge in [0.25, 0.3) is 0 Å². The predicted molar refractivity (Wildman–Crippen MR) is 97.9 cm³/mol. The molecule has 3 rings (SSSR count). The van der Waals surface area contributed by atoms with Crippen LogP contribution in [0.3, 0.4) is 0 Å². The number of aromatic hydroxyl groups is 3. The van der Waals surface area contributed by atoms with Crippen molar-refractivity contribution in [1.82, 2.24) is 0 Å². The summed E-state index contributed by atoms with van der Waals surface area (Å²) in [6.07, 6.45) is 3.85. The van der Waals surface area contributed by atoms with E-state index in [-0.39, 0.29) is 40.8 Å². The maximum atomic E-state index is 12.6. The highest BCUT2D eigenvalue weighted by Crippen LogP contribution is 2.45. The average Bonchev–Trinajstić information content (AvgIpc) is 2.57. The third-order valence-corrected chi connectivity index (χ3v) is 4.36. The summed E-state index contributed by atoms with van der Waals surface area (Å²) in [4.78, 5) is 12.6. The van der Waals surface area contributed by atoms with E-state index in [2.05, 4.69) is 0 Å². The maximum absolute atomic E-state index is 12.6. The molecule has 136 valence electrons. The number of carbonyl (C=O) groups is 1. The second-order valence-corrected chi connectivity index (χ2v) is 6.80. The Morgan fingerprint density at radius 3 is 2.50 bits per heavy atom. The summed E-state index contributed by atoms with van der Waals surface area (Å²) in [5.41, 5.74) is 1.34. The third-order valence-electron chi connectivity index (χ3n) is 4.36. The van der Waals surface area contributed by atoms with Crippen LogP contribution in [0.1, 0.15) is 47.9 Å². The van der Waals surface area contributed by atoms with Gasteiger partial charge in [0.05, 0.1) is 6.42 Å². The fourth-order valence-corrected chi connectivity index (χ4v) is 3.06. The molecule has 5 nitrogen and oxygen atoms in total. The van der Waals surface area contributed by atoms with Crippen LogP contribution in [0.15, 0.2) is 42.5 Å². The van der Waals surface area contributed by atoms with Gasteiger partial charge in [-0.1, -0.05) is 38.1 Å². The lowest BCUT2D eigenvalue weighted by molar-refractivity contribution is 0.0842. The Morgan fingerprint density at radius 1 is 1.15 bits per heavy atom. The number of phenolic OH excluding ortho intramolecular Hbond substituents is 3. The van der Waals surface area contributed by atoms with Crippen molar-refractivity contribution in [2.45, 2.75) is 32.8 Å². The molecule has 1 atom stereocenters. The van der Waals surface area contributed by atoms with E-state index in [0.29, 0.717) is 17.9 Å². The summed E-state index contributed by atoms with van der Waals surface area (Å²) in [5, 5.41) is 29.8. The molecule has 2 aromatic carbocycles. The number of rotatable bonds is 4. The molecule has 0 saturated carbocycles. The highest BCUT2D eigenvalue weighted by Gasteiger charge is 2.33. The standard InChI is InChI=1S/C21H22O5/c1-12(2)4-3-5-15-16(23)10-17(24)20-18(25)11-19(26-21(15)20)13-6-8-14(22)9-7-13/h3-4,6-10,12,19,22-24H,5,11H2,1-2H3/b4-3+. The summed E-state index contributed by atoms with van der Waals surface area (Å²) in [6.45, 7) is 4.09. The number of benzene rings is 2. The van der Waals surface area contributed by atoms with Crippen LogP contribution in [0.4, 0.5) is 0 Å². The van der Waals surface area contributed by atoms with Crippen LogP contribution in [0.25, 0.3) is 0 Å². The third kappa shape index (κ3) is 3.52. The monoisotopic (exact) mass is 354 g/mol. The van der Waals surface area contributed by atoms with Gasteiger partial charge in [0.2, 0.25) is 0 Å². The van der Waals surface area contributed by atoms with E-state index in [9.17, 15) is 20.1 Å². The molecule has 0 spiro atoms. The zero-order valence-corrected chi connectivity index (χ0v) is 14.8. The summed E-state index contributed by atoms with van der Waals surface area (Å²) in [5.74, 6) is 0.0988. The maximum Gasteiger partial charge on any atom is 0.174 e. The fraction of sp³-hybridized carbons (Fsp3) is 0.286. The Bertz CT molecular complexity index is 850. The van der Waals surface area contributed by atoms with Crippen LogP contribution in [-0.2, 0) is 6.42 Å². The van der Waals surface area contributed by atoms with Gasteiger partial charge in [-0.2, -0.15) is 0 Å². The highest BCUT2D eigenvalue weighted by atomic mass is 16.5. The van der Waals surface area contributed by atoms with E-state index >= 15 is 0 Å². The minimum absolute atomic E-state index is 0.0807. The second kappa shape index (κ2) is 7.12. The van der Waals surface area contributed by atoms with Gasteiger partial charge >= 0.3 is 0 Å². The van der Waals surface area contributed by atoms with Crippen molar-refractivity contribution in [3.63, 3.8) is 0 Å². The molecular formula is C21H22O5. The van der Waals surface area contributed by atoms with Crippen molar-refractivity contribution >= 4 is 5.78 Å². The van der Waals surface area contributed by atoms with E-state index in [1.807, 2.05) is 26.0 Å². The van der Waals surface area contributed by atoms with E-state index < -0.39 is 6.10 Å². The van der Waals surface area contributed by atoms with Gasteiger partial charge in [-0.3, -0.25) is 4.79 Å². The van der Waals surface area contributed by atoms with Crippen LogP contribution in [0.2, 0.25) is 0 Å². The molecule has 2 aromatic rings.